The maximum Gasteiger partial charge on any atom is 0.327 e. The highest BCUT2D eigenvalue weighted by Crippen LogP contribution is 2.30. The summed E-state index contributed by atoms with van der Waals surface area (Å²) in [4.78, 5) is 14.5. The number of halogens is 2. The summed E-state index contributed by atoms with van der Waals surface area (Å²) >= 11 is 12.2. The van der Waals surface area contributed by atoms with Gasteiger partial charge in [0.05, 0.1) is 12.0 Å². The molecular weight excluding hydrogens is 423 g/mol. The van der Waals surface area contributed by atoms with Crippen molar-refractivity contribution in [3.05, 3.63) is 64.1 Å². The number of hydrogen-bond donors (Lipinski definition) is 0. The number of hydrogen-bond acceptors (Lipinski definition) is 5. The fraction of sp³-hybridized carbons (Fsp3) is 0.316. The summed E-state index contributed by atoms with van der Waals surface area (Å²) < 4.78 is 32.1. The molecule has 0 bridgehead atoms. The smallest absolute Gasteiger partial charge is 0.327 e. The number of benzene rings is 2. The van der Waals surface area contributed by atoms with Gasteiger partial charge < -0.3 is 4.74 Å². The molecule has 1 saturated heterocycles. The van der Waals surface area contributed by atoms with E-state index in [2.05, 4.69) is 0 Å². The van der Waals surface area contributed by atoms with Crippen LogP contribution in [0.4, 0.5) is 0 Å². The molecule has 0 aromatic heterocycles. The van der Waals surface area contributed by atoms with Crippen molar-refractivity contribution in [3.8, 4) is 0 Å². The van der Waals surface area contributed by atoms with Crippen molar-refractivity contribution in [2.45, 2.75) is 10.9 Å². The van der Waals surface area contributed by atoms with E-state index in [0.29, 0.717) is 28.7 Å². The lowest BCUT2D eigenvalue weighted by molar-refractivity contribution is -0.147. The van der Waals surface area contributed by atoms with Crippen molar-refractivity contribution in [1.82, 2.24) is 9.21 Å². The van der Waals surface area contributed by atoms with E-state index >= 15 is 0 Å². The standard InChI is InChI=1S/C19H20Cl2N2O4S/c1-27-19(24)18(16-7-2-3-8-17(16)21)22-9-11-23(12-10-22)28(25,26)15-6-4-5-14(20)13-15/h2-8,13,18H,9-12H2,1H3/t18-/m0/s1. The number of methoxy groups -OCH3 is 1. The van der Waals surface area contributed by atoms with Crippen molar-refractivity contribution < 1.29 is 17.9 Å². The molecule has 1 atom stereocenters. The predicted molar refractivity (Wildman–Crippen MR) is 108 cm³/mol. The zero-order valence-electron chi connectivity index (χ0n) is 15.2. The molecule has 0 N–H and O–H groups in total. The first-order chi connectivity index (χ1) is 13.3. The number of esters is 1. The average Bonchev–Trinajstić information content (AvgIpc) is 2.70. The van der Waals surface area contributed by atoms with Crippen LogP contribution in [0.1, 0.15) is 11.6 Å². The second-order valence-electron chi connectivity index (χ2n) is 6.34. The van der Waals surface area contributed by atoms with Gasteiger partial charge in [-0.25, -0.2) is 13.2 Å². The molecule has 0 saturated carbocycles. The monoisotopic (exact) mass is 442 g/mol. The summed E-state index contributed by atoms with van der Waals surface area (Å²) in [6, 6.07) is 12.6. The van der Waals surface area contributed by atoms with E-state index < -0.39 is 22.0 Å². The highest BCUT2D eigenvalue weighted by atomic mass is 35.5. The van der Waals surface area contributed by atoms with E-state index in [-0.39, 0.29) is 18.0 Å². The molecule has 2 aromatic carbocycles. The third-order valence-electron chi connectivity index (χ3n) is 4.70. The summed E-state index contributed by atoms with van der Waals surface area (Å²) in [6.07, 6.45) is 0. The summed E-state index contributed by atoms with van der Waals surface area (Å²) in [5, 5.41) is 0.830. The molecule has 0 amide bonds. The van der Waals surface area contributed by atoms with E-state index in [1.807, 2.05) is 4.90 Å². The Morgan fingerprint density at radius 3 is 2.32 bits per heavy atom. The Kier molecular flexibility index (Phi) is 6.62. The molecule has 0 aliphatic carbocycles. The number of rotatable bonds is 5. The minimum atomic E-state index is -3.65. The number of piperazine rings is 1. The Morgan fingerprint density at radius 1 is 1.04 bits per heavy atom. The van der Waals surface area contributed by atoms with E-state index in [0.717, 1.165) is 0 Å². The quantitative estimate of drug-likeness (QED) is 0.664. The Morgan fingerprint density at radius 2 is 1.71 bits per heavy atom. The Balaban J connectivity index is 1.79. The zero-order chi connectivity index (χ0) is 20.3. The van der Waals surface area contributed by atoms with Gasteiger partial charge in [-0.15, -0.1) is 0 Å². The minimum Gasteiger partial charge on any atom is -0.468 e. The molecule has 3 rings (SSSR count). The molecule has 9 heteroatoms. The molecule has 1 fully saturated rings. The largest absolute Gasteiger partial charge is 0.468 e. The minimum absolute atomic E-state index is 0.157. The first-order valence-corrected chi connectivity index (χ1v) is 10.9. The maximum absolute atomic E-state index is 12.9. The van der Waals surface area contributed by atoms with Crippen LogP contribution in [-0.2, 0) is 19.6 Å². The first kappa shape index (κ1) is 21.1. The van der Waals surface area contributed by atoms with Crippen LogP contribution in [0.25, 0.3) is 0 Å². The summed E-state index contributed by atoms with van der Waals surface area (Å²) in [5.74, 6) is -0.431. The summed E-state index contributed by atoms with van der Waals surface area (Å²) in [7, 11) is -2.33. The van der Waals surface area contributed by atoms with Gasteiger partial charge in [0.25, 0.3) is 0 Å². The molecule has 28 heavy (non-hydrogen) atoms. The SMILES string of the molecule is COC(=O)[C@H](c1ccccc1Cl)N1CCN(S(=O)(=O)c2cccc(Cl)c2)CC1. The number of nitrogens with zero attached hydrogens (tertiary/aromatic N) is 2. The highest BCUT2D eigenvalue weighted by Gasteiger charge is 2.35. The molecular formula is C19H20Cl2N2O4S. The van der Waals surface area contributed by atoms with E-state index in [1.54, 1.807) is 36.4 Å². The topological polar surface area (TPSA) is 66.9 Å². The van der Waals surface area contributed by atoms with Crippen LogP contribution < -0.4 is 0 Å². The van der Waals surface area contributed by atoms with Crippen LogP contribution in [0.2, 0.25) is 10.0 Å². The summed E-state index contributed by atoms with van der Waals surface area (Å²) in [6.45, 7) is 1.22. The molecule has 0 unspecified atom stereocenters. The predicted octanol–water partition coefficient (Wildman–Crippen LogP) is 3.21. The fourth-order valence-electron chi connectivity index (χ4n) is 3.26. The van der Waals surface area contributed by atoms with Crippen LogP contribution >= 0.6 is 23.2 Å². The van der Waals surface area contributed by atoms with Gasteiger partial charge in [0, 0.05) is 36.2 Å². The number of carbonyl (C=O) groups is 1. The number of carbonyl (C=O) groups excluding carboxylic acids is 1. The van der Waals surface area contributed by atoms with Crippen molar-refractivity contribution in [3.63, 3.8) is 0 Å². The van der Waals surface area contributed by atoms with Crippen LogP contribution in [-0.4, -0.2) is 56.9 Å². The van der Waals surface area contributed by atoms with Gasteiger partial charge in [-0.1, -0.05) is 47.5 Å². The van der Waals surface area contributed by atoms with Crippen molar-refractivity contribution in [2.75, 3.05) is 33.3 Å². The maximum atomic E-state index is 12.9. The van der Waals surface area contributed by atoms with Gasteiger partial charge in [-0.3, -0.25) is 4.90 Å². The van der Waals surface area contributed by atoms with E-state index in [4.69, 9.17) is 27.9 Å². The van der Waals surface area contributed by atoms with Crippen molar-refractivity contribution in [1.29, 1.82) is 0 Å². The van der Waals surface area contributed by atoms with Crippen molar-refractivity contribution in [2.24, 2.45) is 0 Å². The van der Waals surface area contributed by atoms with Gasteiger partial charge >= 0.3 is 5.97 Å². The molecule has 6 nitrogen and oxygen atoms in total. The first-order valence-electron chi connectivity index (χ1n) is 8.66. The van der Waals surface area contributed by atoms with Gasteiger partial charge in [0.1, 0.15) is 6.04 Å². The average molecular weight is 443 g/mol. The van der Waals surface area contributed by atoms with Crippen LogP contribution in [0, 0.1) is 0 Å². The van der Waals surface area contributed by atoms with Crippen LogP contribution in [0.15, 0.2) is 53.4 Å². The molecule has 1 aliphatic rings. The molecule has 2 aromatic rings. The van der Waals surface area contributed by atoms with Gasteiger partial charge in [-0.2, -0.15) is 4.31 Å². The van der Waals surface area contributed by atoms with Crippen LogP contribution in [0.5, 0.6) is 0 Å². The van der Waals surface area contributed by atoms with E-state index in [1.165, 1.54) is 23.5 Å². The third-order valence-corrected chi connectivity index (χ3v) is 7.17. The number of ether oxygens (including phenoxy) is 1. The number of sulfonamides is 1. The Hall–Kier alpha value is -1.64. The van der Waals surface area contributed by atoms with Gasteiger partial charge in [-0.05, 0) is 29.8 Å². The Bertz CT molecular complexity index is 960. The second kappa shape index (κ2) is 8.80. The van der Waals surface area contributed by atoms with Crippen LogP contribution in [0.3, 0.4) is 0 Å². The zero-order valence-corrected chi connectivity index (χ0v) is 17.5. The molecule has 150 valence electrons. The normalized spacial score (nSPS) is 17.2. The lowest BCUT2D eigenvalue weighted by Gasteiger charge is -2.37. The molecule has 0 radical (unpaired) electrons. The van der Waals surface area contributed by atoms with Crippen molar-refractivity contribution >= 4 is 39.2 Å². The highest BCUT2D eigenvalue weighted by molar-refractivity contribution is 7.89. The Labute approximate surface area is 174 Å². The molecule has 1 heterocycles. The summed E-state index contributed by atoms with van der Waals surface area (Å²) in [5.41, 5.74) is 0.641. The third kappa shape index (κ3) is 4.34. The lowest BCUT2D eigenvalue weighted by atomic mass is 10.0. The lowest BCUT2D eigenvalue weighted by Crippen LogP contribution is -2.51. The fourth-order valence-corrected chi connectivity index (χ4v) is 5.22. The van der Waals surface area contributed by atoms with E-state index in [9.17, 15) is 13.2 Å². The second-order valence-corrected chi connectivity index (χ2v) is 9.13. The van der Waals surface area contributed by atoms with Gasteiger partial charge in [0.2, 0.25) is 10.0 Å². The molecule has 0 spiro atoms. The molecule has 1 aliphatic heterocycles. The van der Waals surface area contributed by atoms with Gasteiger partial charge in [0.15, 0.2) is 0 Å².